The van der Waals surface area contributed by atoms with Crippen LogP contribution in [0.15, 0.2) is 53.4 Å². The maximum atomic E-state index is 12.8. The second kappa shape index (κ2) is 7.60. The van der Waals surface area contributed by atoms with Gasteiger partial charge in [0.15, 0.2) is 0 Å². The number of hydrogen-bond donors (Lipinski definition) is 1. The van der Waals surface area contributed by atoms with Crippen LogP contribution in [0.5, 0.6) is 0 Å². The van der Waals surface area contributed by atoms with Gasteiger partial charge in [0.25, 0.3) is 5.91 Å². The van der Waals surface area contributed by atoms with Crippen LogP contribution in [0, 0.1) is 6.92 Å². The van der Waals surface area contributed by atoms with Crippen LogP contribution in [-0.2, 0) is 10.0 Å². The maximum absolute atomic E-state index is 12.8. The number of hydrogen-bond acceptors (Lipinski definition) is 3. The van der Waals surface area contributed by atoms with Crippen molar-refractivity contribution in [2.75, 3.05) is 11.9 Å². The van der Waals surface area contributed by atoms with Crippen molar-refractivity contribution < 1.29 is 13.2 Å². The number of aryl methyl sites for hydroxylation is 1. The molecule has 1 N–H and O–H groups in total. The Morgan fingerprint density at radius 1 is 1.08 bits per heavy atom. The molecule has 0 radical (unpaired) electrons. The maximum Gasteiger partial charge on any atom is 0.255 e. The van der Waals surface area contributed by atoms with E-state index in [1.165, 1.54) is 12.1 Å². The van der Waals surface area contributed by atoms with Crippen molar-refractivity contribution in [2.45, 2.75) is 44.0 Å². The fraction of sp³-hybridized carbons (Fsp3) is 0.350. The van der Waals surface area contributed by atoms with Crippen LogP contribution in [0.4, 0.5) is 5.69 Å². The molecule has 1 aliphatic heterocycles. The van der Waals surface area contributed by atoms with Gasteiger partial charge in [-0.05, 0) is 62.6 Å². The van der Waals surface area contributed by atoms with Gasteiger partial charge in [-0.25, -0.2) is 8.42 Å². The van der Waals surface area contributed by atoms with Gasteiger partial charge in [-0.3, -0.25) is 4.79 Å². The lowest BCUT2D eigenvalue weighted by molar-refractivity contribution is 0.102. The summed E-state index contributed by atoms with van der Waals surface area (Å²) in [4.78, 5) is 12.6. The monoisotopic (exact) mass is 372 g/mol. The first kappa shape index (κ1) is 18.6. The van der Waals surface area contributed by atoms with Crippen molar-refractivity contribution >= 4 is 21.6 Å². The Bertz CT molecular complexity index is 892. The van der Waals surface area contributed by atoms with Crippen molar-refractivity contribution in [3.05, 3.63) is 59.7 Å². The lowest BCUT2D eigenvalue weighted by Crippen LogP contribution is -2.41. The van der Waals surface area contributed by atoms with Crippen LogP contribution in [0.3, 0.4) is 0 Å². The van der Waals surface area contributed by atoms with E-state index in [1.807, 2.05) is 38.1 Å². The molecular weight excluding hydrogens is 348 g/mol. The molecule has 26 heavy (non-hydrogen) atoms. The highest BCUT2D eigenvalue weighted by molar-refractivity contribution is 7.89. The molecule has 2 aromatic rings. The number of para-hydroxylation sites is 1. The standard InChI is InChI=1S/C20H24N2O3S/c1-15-7-3-4-9-19(15)21-20(23)17-10-12-18(13-11-17)26(24,25)22-14-6-5-8-16(22)2/h3-4,7,9-13,16H,5-6,8,14H2,1-2H3,(H,21,23)/t16-/m0/s1. The van der Waals surface area contributed by atoms with E-state index in [0.717, 1.165) is 30.5 Å². The minimum atomic E-state index is -3.52. The molecule has 1 heterocycles. The Hall–Kier alpha value is -2.18. The summed E-state index contributed by atoms with van der Waals surface area (Å²) in [7, 11) is -3.52. The number of benzene rings is 2. The molecule has 3 rings (SSSR count). The quantitative estimate of drug-likeness (QED) is 0.887. The number of nitrogens with zero attached hydrogens (tertiary/aromatic N) is 1. The van der Waals surface area contributed by atoms with E-state index in [9.17, 15) is 13.2 Å². The number of sulfonamides is 1. The number of nitrogens with one attached hydrogen (secondary N) is 1. The van der Waals surface area contributed by atoms with Gasteiger partial charge in [-0.2, -0.15) is 4.31 Å². The fourth-order valence-corrected chi connectivity index (χ4v) is 4.95. The fourth-order valence-electron chi connectivity index (χ4n) is 3.25. The number of piperidine rings is 1. The summed E-state index contributed by atoms with van der Waals surface area (Å²) in [5, 5.41) is 2.86. The van der Waals surface area contributed by atoms with Crippen molar-refractivity contribution in [2.24, 2.45) is 0 Å². The van der Waals surface area contributed by atoms with Crippen LogP contribution >= 0.6 is 0 Å². The zero-order valence-corrected chi connectivity index (χ0v) is 15.9. The van der Waals surface area contributed by atoms with Gasteiger partial charge in [0, 0.05) is 23.8 Å². The molecule has 5 nitrogen and oxygen atoms in total. The van der Waals surface area contributed by atoms with Gasteiger partial charge in [-0.1, -0.05) is 24.6 Å². The normalized spacial score (nSPS) is 18.5. The van der Waals surface area contributed by atoms with Crippen molar-refractivity contribution in [3.8, 4) is 0 Å². The Morgan fingerprint density at radius 2 is 1.77 bits per heavy atom. The average Bonchev–Trinajstić information content (AvgIpc) is 2.64. The summed E-state index contributed by atoms with van der Waals surface area (Å²) in [6.07, 6.45) is 2.84. The lowest BCUT2D eigenvalue weighted by atomic mass is 10.1. The van der Waals surface area contributed by atoms with Gasteiger partial charge < -0.3 is 5.32 Å². The van der Waals surface area contributed by atoms with Gasteiger partial charge in [0.05, 0.1) is 4.90 Å². The predicted molar refractivity (Wildman–Crippen MR) is 103 cm³/mol. The minimum absolute atomic E-state index is 0.0118. The van der Waals surface area contributed by atoms with Crippen molar-refractivity contribution in [1.82, 2.24) is 4.31 Å². The molecule has 1 amide bonds. The summed E-state index contributed by atoms with van der Waals surface area (Å²) < 4.78 is 27.2. The number of rotatable bonds is 4. The van der Waals surface area contributed by atoms with Crippen molar-refractivity contribution in [3.63, 3.8) is 0 Å². The highest BCUT2D eigenvalue weighted by Crippen LogP contribution is 2.25. The summed E-state index contributed by atoms with van der Waals surface area (Å²) in [6, 6.07) is 13.7. The average molecular weight is 372 g/mol. The first-order valence-electron chi connectivity index (χ1n) is 8.88. The van der Waals surface area contributed by atoms with E-state index in [1.54, 1.807) is 16.4 Å². The summed E-state index contributed by atoms with van der Waals surface area (Å²) in [5.41, 5.74) is 2.15. The molecule has 0 unspecified atom stereocenters. The molecule has 1 atom stereocenters. The molecule has 2 aromatic carbocycles. The molecule has 1 aliphatic rings. The lowest BCUT2D eigenvalue weighted by Gasteiger charge is -2.32. The Kier molecular flexibility index (Phi) is 5.44. The topological polar surface area (TPSA) is 66.5 Å². The van der Waals surface area contributed by atoms with E-state index in [0.29, 0.717) is 12.1 Å². The third-order valence-corrected chi connectivity index (χ3v) is 6.89. The van der Waals surface area contributed by atoms with E-state index in [2.05, 4.69) is 5.32 Å². The Morgan fingerprint density at radius 3 is 2.42 bits per heavy atom. The van der Waals surface area contributed by atoms with Crippen LogP contribution in [-0.4, -0.2) is 31.2 Å². The molecular formula is C20H24N2O3S. The second-order valence-corrected chi connectivity index (χ2v) is 8.64. The van der Waals surface area contributed by atoms with E-state index < -0.39 is 10.0 Å². The van der Waals surface area contributed by atoms with Gasteiger partial charge in [0.2, 0.25) is 10.0 Å². The highest BCUT2D eigenvalue weighted by atomic mass is 32.2. The highest BCUT2D eigenvalue weighted by Gasteiger charge is 2.30. The second-order valence-electron chi connectivity index (χ2n) is 6.75. The van der Waals surface area contributed by atoms with Crippen molar-refractivity contribution in [1.29, 1.82) is 0 Å². The van der Waals surface area contributed by atoms with Gasteiger partial charge >= 0.3 is 0 Å². The third-order valence-electron chi connectivity index (χ3n) is 4.86. The smallest absolute Gasteiger partial charge is 0.255 e. The van der Waals surface area contributed by atoms with Crippen LogP contribution in [0.2, 0.25) is 0 Å². The predicted octanol–water partition coefficient (Wildman–Crippen LogP) is 3.81. The van der Waals surface area contributed by atoms with Gasteiger partial charge in [-0.15, -0.1) is 0 Å². The molecule has 6 heteroatoms. The minimum Gasteiger partial charge on any atom is -0.322 e. The van der Waals surface area contributed by atoms with E-state index in [4.69, 9.17) is 0 Å². The zero-order chi connectivity index (χ0) is 18.7. The molecule has 138 valence electrons. The third kappa shape index (κ3) is 3.81. The van der Waals surface area contributed by atoms with Crippen LogP contribution in [0.25, 0.3) is 0 Å². The summed E-state index contributed by atoms with van der Waals surface area (Å²) in [6.45, 7) is 4.42. The molecule has 0 spiro atoms. The summed E-state index contributed by atoms with van der Waals surface area (Å²) in [5.74, 6) is -0.255. The van der Waals surface area contributed by atoms with Gasteiger partial charge in [0.1, 0.15) is 0 Å². The molecule has 1 saturated heterocycles. The largest absolute Gasteiger partial charge is 0.322 e. The number of anilines is 1. The Balaban J connectivity index is 1.77. The Labute approximate surface area is 155 Å². The molecule has 0 aromatic heterocycles. The van der Waals surface area contributed by atoms with E-state index in [-0.39, 0.29) is 16.8 Å². The SMILES string of the molecule is Cc1ccccc1NC(=O)c1ccc(S(=O)(=O)N2CCCC[C@@H]2C)cc1. The van der Waals surface area contributed by atoms with Crippen LogP contribution < -0.4 is 5.32 Å². The molecule has 0 aliphatic carbocycles. The summed E-state index contributed by atoms with van der Waals surface area (Å²) >= 11 is 0. The number of carbonyl (C=O) groups is 1. The molecule has 0 bridgehead atoms. The molecule has 0 saturated carbocycles. The number of amides is 1. The first-order chi connectivity index (χ1) is 12.4. The van der Waals surface area contributed by atoms with Crippen LogP contribution in [0.1, 0.15) is 42.1 Å². The molecule has 1 fully saturated rings. The number of carbonyl (C=O) groups excluding carboxylic acids is 1. The first-order valence-corrected chi connectivity index (χ1v) is 10.3. The van der Waals surface area contributed by atoms with E-state index >= 15 is 0 Å². The zero-order valence-electron chi connectivity index (χ0n) is 15.1.